The highest BCUT2D eigenvalue weighted by atomic mass is 16.2. The number of β-lactam (4-membered cyclic amide) rings is 1. The van der Waals surface area contributed by atoms with Gasteiger partial charge in [0.25, 0.3) is 0 Å². The Labute approximate surface area is 49.3 Å². The fourth-order valence-electron chi connectivity index (χ4n) is 0.886. The molecule has 1 atom stereocenters. The minimum absolute atomic E-state index is 0.136. The van der Waals surface area contributed by atoms with E-state index in [2.05, 4.69) is 19.2 Å². The van der Waals surface area contributed by atoms with Gasteiger partial charge in [0.2, 0.25) is 5.91 Å². The largest absolute Gasteiger partial charge is 0.350 e. The van der Waals surface area contributed by atoms with Gasteiger partial charge in [-0.2, -0.15) is 0 Å². The van der Waals surface area contributed by atoms with Crippen LogP contribution in [0.15, 0.2) is 0 Å². The van der Waals surface area contributed by atoms with E-state index in [0.717, 1.165) is 6.42 Å². The van der Waals surface area contributed by atoms with E-state index in [1.54, 1.807) is 0 Å². The Morgan fingerprint density at radius 3 is 2.50 bits per heavy atom. The summed E-state index contributed by atoms with van der Waals surface area (Å²) in [6.45, 7) is 4.15. The zero-order valence-corrected chi connectivity index (χ0v) is 5.32. The van der Waals surface area contributed by atoms with Gasteiger partial charge in [-0.1, -0.05) is 6.92 Å². The quantitative estimate of drug-likeness (QED) is 0.498. The van der Waals surface area contributed by atoms with Gasteiger partial charge in [-0.05, 0) is 13.3 Å². The zero-order chi connectivity index (χ0) is 6.20. The molecule has 0 bridgehead atoms. The van der Waals surface area contributed by atoms with Crippen molar-refractivity contribution in [3.63, 3.8) is 0 Å². The maximum atomic E-state index is 10.4. The number of carbonyl (C=O) groups is 1. The van der Waals surface area contributed by atoms with E-state index in [9.17, 15) is 4.79 Å². The molecule has 1 fully saturated rings. The number of carbonyl (C=O) groups excluding carboxylic acids is 1. The van der Waals surface area contributed by atoms with Gasteiger partial charge in [0.1, 0.15) is 0 Å². The van der Waals surface area contributed by atoms with Crippen molar-refractivity contribution in [3.8, 4) is 0 Å². The molecule has 46 valence electrons. The summed E-state index contributed by atoms with van der Waals surface area (Å²) in [7, 11) is 0. The third-order valence-electron chi connectivity index (χ3n) is 1.77. The minimum atomic E-state index is 0.136. The van der Waals surface area contributed by atoms with Crippen LogP contribution in [0.5, 0.6) is 0 Å². The smallest absolute Gasteiger partial charge is 0.222 e. The molecule has 1 rings (SSSR count). The van der Waals surface area contributed by atoms with E-state index >= 15 is 0 Å². The second-order valence-corrected chi connectivity index (χ2v) is 2.64. The molecule has 2 nitrogen and oxygen atoms in total. The Hall–Kier alpha value is -0.530. The molecule has 1 heterocycles. The number of hydrogen-bond acceptors (Lipinski definition) is 1. The van der Waals surface area contributed by atoms with Crippen LogP contribution in [0, 0.1) is 0 Å². The number of hydrogen-bond donors (Lipinski definition) is 1. The maximum absolute atomic E-state index is 10.4. The summed E-state index contributed by atoms with van der Waals surface area (Å²) in [6.07, 6.45) is 1.75. The molecule has 0 aromatic rings. The van der Waals surface area contributed by atoms with E-state index < -0.39 is 0 Å². The summed E-state index contributed by atoms with van der Waals surface area (Å²) in [4.78, 5) is 10.4. The van der Waals surface area contributed by atoms with Gasteiger partial charge in [-0.3, -0.25) is 4.79 Å². The first-order valence-electron chi connectivity index (χ1n) is 2.97. The molecule has 1 N–H and O–H groups in total. The Bertz CT molecular complexity index is 112. The number of nitrogens with one attached hydrogen (secondary N) is 1. The highest BCUT2D eigenvalue weighted by Crippen LogP contribution is 2.21. The molecule has 0 aromatic carbocycles. The van der Waals surface area contributed by atoms with Crippen molar-refractivity contribution in [1.82, 2.24) is 5.32 Å². The van der Waals surface area contributed by atoms with Crippen LogP contribution in [0.1, 0.15) is 26.7 Å². The summed E-state index contributed by atoms with van der Waals surface area (Å²) in [5.74, 6) is 0.189. The third kappa shape index (κ3) is 0.703. The van der Waals surface area contributed by atoms with E-state index in [1.165, 1.54) is 0 Å². The molecule has 1 aliphatic rings. The van der Waals surface area contributed by atoms with Crippen LogP contribution in [-0.2, 0) is 4.79 Å². The van der Waals surface area contributed by atoms with Gasteiger partial charge >= 0.3 is 0 Å². The maximum Gasteiger partial charge on any atom is 0.222 e. The second-order valence-electron chi connectivity index (χ2n) is 2.64. The number of amides is 1. The normalized spacial score (nSPS) is 36.0. The molecule has 0 aliphatic carbocycles. The highest BCUT2D eigenvalue weighted by Gasteiger charge is 2.35. The lowest BCUT2D eigenvalue weighted by Gasteiger charge is -2.37. The van der Waals surface area contributed by atoms with Crippen LogP contribution in [0.25, 0.3) is 0 Å². The Balaban J connectivity index is 2.40. The first-order chi connectivity index (χ1) is 3.66. The van der Waals surface area contributed by atoms with Crippen molar-refractivity contribution in [2.24, 2.45) is 0 Å². The summed E-state index contributed by atoms with van der Waals surface area (Å²) < 4.78 is 0. The van der Waals surface area contributed by atoms with Crippen LogP contribution < -0.4 is 5.32 Å². The Morgan fingerprint density at radius 1 is 1.88 bits per heavy atom. The van der Waals surface area contributed by atoms with Crippen molar-refractivity contribution in [2.75, 3.05) is 0 Å². The molecule has 1 aliphatic heterocycles. The van der Waals surface area contributed by atoms with Crippen molar-refractivity contribution in [3.05, 3.63) is 0 Å². The average molecular weight is 113 g/mol. The van der Waals surface area contributed by atoms with Crippen molar-refractivity contribution in [2.45, 2.75) is 32.2 Å². The SMILES string of the molecule is CC[C@@]1(C)CC(=O)N1. The molecule has 0 spiro atoms. The molecular formula is C6H11NO. The van der Waals surface area contributed by atoms with Crippen LogP contribution >= 0.6 is 0 Å². The van der Waals surface area contributed by atoms with Gasteiger partial charge in [-0.15, -0.1) is 0 Å². The van der Waals surface area contributed by atoms with Crippen LogP contribution in [-0.4, -0.2) is 11.4 Å². The van der Waals surface area contributed by atoms with Crippen molar-refractivity contribution in [1.29, 1.82) is 0 Å². The van der Waals surface area contributed by atoms with E-state index in [-0.39, 0.29) is 11.4 Å². The number of rotatable bonds is 1. The molecule has 8 heavy (non-hydrogen) atoms. The molecule has 0 aromatic heterocycles. The van der Waals surface area contributed by atoms with Crippen LogP contribution in [0.2, 0.25) is 0 Å². The van der Waals surface area contributed by atoms with Gasteiger partial charge < -0.3 is 5.32 Å². The Kier molecular flexibility index (Phi) is 1.03. The summed E-state index contributed by atoms with van der Waals surface area (Å²) in [5, 5.41) is 2.83. The zero-order valence-electron chi connectivity index (χ0n) is 5.32. The molecule has 1 saturated heterocycles. The van der Waals surface area contributed by atoms with E-state index in [1.807, 2.05) is 0 Å². The molecule has 2 heteroatoms. The minimum Gasteiger partial charge on any atom is -0.350 e. The summed E-state index contributed by atoms with van der Waals surface area (Å²) in [6, 6.07) is 0. The standard InChI is InChI=1S/C6H11NO/c1-3-6(2)4-5(8)7-6/h3-4H2,1-2H3,(H,7,8)/t6-/m0/s1. The van der Waals surface area contributed by atoms with Crippen LogP contribution in [0.4, 0.5) is 0 Å². The molecular weight excluding hydrogens is 102 g/mol. The summed E-state index contributed by atoms with van der Waals surface area (Å²) in [5.41, 5.74) is 0.136. The lowest BCUT2D eigenvalue weighted by atomic mass is 9.87. The predicted molar refractivity (Wildman–Crippen MR) is 31.5 cm³/mol. The predicted octanol–water partition coefficient (Wildman–Crippen LogP) is 0.675. The second kappa shape index (κ2) is 1.47. The van der Waals surface area contributed by atoms with Gasteiger partial charge in [0, 0.05) is 12.0 Å². The highest BCUT2D eigenvalue weighted by molar-refractivity contribution is 5.84. The fraction of sp³-hybridized carbons (Fsp3) is 0.833. The molecule has 0 saturated carbocycles. The summed E-state index contributed by atoms with van der Waals surface area (Å²) >= 11 is 0. The van der Waals surface area contributed by atoms with Crippen LogP contribution in [0.3, 0.4) is 0 Å². The van der Waals surface area contributed by atoms with E-state index in [0.29, 0.717) is 6.42 Å². The van der Waals surface area contributed by atoms with Gasteiger partial charge in [-0.25, -0.2) is 0 Å². The van der Waals surface area contributed by atoms with Crippen molar-refractivity contribution >= 4 is 5.91 Å². The Morgan fingerprint density at radius 2 is 2.38 bits per heavy atom. The topological polar surface area (TPSA) is 29.1 Å². The molecule has 0 radical (unpaired) electrons. The molecule has 1 amide bonds. The average Bonchev–Trinajstić information content (AvgIpc) is 1.63. The van der Waals surface area contributed by atoms with Gasteiger partial charge in [0.15, 0.2) is 0 Å². The first kappa shape index (κ1) is 5.60. The van der Waals surface area contributed by atoms with E-state index in [4.69, 9.17) is 0 Å². The fourth-order valence-corrected chi connectivity index (χ4v) is 0.886. The van der Waals surface area contributed by atoms with Gasteiger partial charge in [0.05, 0.1) is 0 Å². The monoisotopic (exact) mass is 113 g/mol. The molecule has 0 unspecified atom stereocenters. The first-order valence-corrected chi connectivity index (χ1v) is 2.97. The lowest BCUT2D eigenvalue weighted by Crippen LogP contribution is -2.58. The lowest BCUT2D eigenvalue weighted by molar-refractivity contribution is -0.132. The van der Waals surface area contributed by atoms with Crippen molar-refractivity contribution < 1.29 is 4.79 Å². The third-order valence-corrected chi connectivity index (χ3v) is 1.77.